The molecule has 0 aliphatic rings. The molecule has 6 N–H and O–H groups in total. The molecule has 6 heteroatoms. The zero-order valence-electron chi connectivity index (χ0n) is 7.15. The van der Waals surface area contributed by atoms with Crippen LogP contribution in [0.1, 0.15) is 0 Å². The van der Waals surface area contributed by atoms with Crippen molar-refractivity contribution < 1.29 is 15.3 Å². The predicted octanol–water partition coefficient (Wildman–Crippen LogP) is -1.15. The van der Waals surface area contributed by atoms with Crippen molar-refractivity contribution >= 4 is 12.4 Å². The van der Waals surface area contributed by atoms with Crippen LogP contribution in [0.15, 0.2) is 0 Å². The summed E-state index contributed by atoms with van der Waals surface area (Å²) in [6.45, 7) is 1.75. The molecule has 0 saturated carbocycles. The molecule has 0 spiro atoms. The molecule has 0 aliphatic heterocycles. The van der Waals surface area contributed by atoms with E-state index in [4.69, 9.17) is 15.3 Å². The van der Waals surface area contributed by atoms with Gasteiger partial charge in [0.05, 0.1) is 19.8 Å². The molecule has 0 radical (unpaired) electrons. The normalized spacial score (nSPS) is 9.00. The molecule has 0 rings (SSSR count). The number of hydrogen-bond acceptors (Lipinski definition) is 5. The number of aliphatic hydroxyl groups is 3. The second-order valence-electron chi connectivity index (χ2n) is 2.01. The number of aliphatic hydroxyl groups excluding tert-OH is 3. The van der Waals surface area contributed by atoms with Gasteiger partial charge in [0.1, 0.15) is 0 Å². The SMILES string of the molecule is Cl.N.OCCN(CCO)CCO. The van der Waals surface area contributed by atoms with Crippen LogP contribution in [0.25, 0.3) is 0 Å². The van der Waals surface area contributed by atoms with E-state index < -0.39 is 0 Å². The molecule has 0 amide bonds. The Morgan fingerprint density at radius 2 is 1.00 bits per heavy atom. The highest BCUT2D eigenvalue weighted by atomic mass is 35.5. The van der Waals surface area contributed by atoms with E-state index in [1.54, 1.807) is 4.90 Å². The molecule has 0 fully saturated rings. The number of hydrogen-bond donors (Lipinski definition) is 4. The van der Waals surface area contributed by atoms with Crippen molar-refractivity contribution in [3.05, 3.63) is 0 Å². The Morgan fingerprint density at radius 3 is 1.17 bits per heavy atom. The summed E-state index contributed by atoms with van der Waals surface area (Å²) in [5, 5.41) is 25.5. The third-order valence-corrected chi connectivity index (χ3v) is 1.25. The third-order valence-electron chi connectivity index (χ3n) is 1.25. The molecule has 0 heterocycles. The fraction of sp³-hybridized carbons (Fsp3) is 1.00. The van der Waals surface area contributed by atoms with Crippen molar-refractivity contribution in [2.24, 2.45) is 0 Å². The summed E-state index contributed by atoms with van der Waals surface area (Å²) in [5.74, 6) is 0. The summed E-state index contributed by atoms with van der Waals surface area (Å²) < 4.78 is 0. The predicted molar refractivity (Wildman–Crippen MR) is 50.0 cm³/mol. The van der Waals surface area contributed by atoms with Crippen LogP contribution in [0.3, 0.4) is 0 Å². The molecule has 0 aliphatic carbocycles. The Bertz CT molecular complexity index is 63.5. The number of nitrogens with zero attached hydrogens (tertiary/aromatic N) is 1. The lowest BCUT2D eigenvalue weighted by atomic mass is 10.4. The first-order valence-corrected chi connectivity index (χ1v) is 3.40. The minimum atomic E-state index is 0. The minimum absolute atomic E-state index is 0. The molecular weight excluding hydrogens is 184 g/mol. The van der Waals surface area contributed by atoms with Gasteiger partial charge in [-0.3, -0.25) is 4.90 Å². The highest BCUT2D eigenvalue weighted by molar-refractivity contribution is 5.85. The Labute approximate surface area is 79.0 Å². The highest BCUT2D eigenvalue weighted by Gasteiger charge is 2.00. The van der Waals surface area contributed by atoms with E-state index in [2.05, 4.69) is 0 Å². The van der Waals surface area contributed by atoms with Crippen LogP contribution >= 0.6 is 12.4 Å². The molecule has 0 aromatic carbocycles. The topological polar surface area (TPSA) is 98.9 Å². The molecule has 0 aromatic heterocycles. The van der Waals surface area contributed by atoms with Gasteiger partial charge >= 0.3 is 0 Å². The number of halogens is 1. The third kappa shape index (κ3) is 10.1. The molecule has 12 heavy (non-hydrogen) atoms. The van der Waals surface area contributed by atoms with Gasteiger partial charge in [0.2, 0.25) is 0 Å². The van der Waals surface area contributed by atoms with Crippen molar-refractivity contribution in [2.75, 3.05) is 39.5 Å². The summed E-state index contributed by atoms with van der Waals surface area (Å²) >= 11 is 0. The van der Waals surface area contributed by atoms with Crippen LogP contribution in [0.5, 0.6) is 0 Å². The van der Waals surface area contributed by atoms with Gasteiger partial charge < -0.3 is 21.5 Å². The van der Waals surface area contributed by atoms with E-state index in [1.807, 2.05) is 0 Å². The van der Waals surface area contributed by atoms with Gasteiger partial charge in [0, 0.05) is 19.6 Å². The fourth-order valence-electron chi connectivity index (χ4n) is 0.760. The van der Waals surface area contributed by atoms with E-state index in [9.17, 15) is 0 Å². The van der Waals surface area contributed by atoms with Crippen LogP contribution in [0.4, 0.5) is 0 Å². The average Bonchev–Trinajstić information content (AvgIpc) is 1.90. The molecule has 0 bridgehead atoms. The second-order valence-corrected chi connectivity index (χ2v) is 2.01. The van der Waals surface area contributed by atoms with E-state index >= 15 is 0 Å². The average molecular weight is 203 g/mol. The molecule has 5 nitrogen and oxygen atoms in total. The van der Waals surface area contributed by atoms with Crippen LogP contribution < -0.4 is 6.15 Å². The van der Waals surface area contributed by atoms with Crippen LogP contribution in [0, 0.1) is 0 Å². The second kappa shape index (κ2) is 13.7. The Kier molecular flexibility index (Phi) is 20.5. The zero-order chi connectivity index (χ0) is 7.82. The van der Waals surface area contributed by atoms with Crippen LogP contribution in [-0.2, 0) is 0 Å². The Morgan fingerprint density at radius 1 is 0.750 bits per heavy atom. The lowest BCUT2D eigenvalue weighted by Gasteiger charge is -2.17. The van der Waals surface area contributed by atoms with Crippen molar-refractivity contribution in [3.8, 4) is 0 Å². The van der Waals surface area contributed by atoms with Gasteiger partial charge in [0.25, 0.3) is 0 Å². The van der Waals surface area contributed by atoms with Gasteiger partial charge in [-0.1, -0.05) is 0 Å². The lowest BCUT2D eigenvalue weighted by molar-refractivity contribution is 0.136. The first kappa shape index (κ1) is 18.0. The molecule has 0 unspecified atom stereocenters. The standard InChI is InChI=1S/C6H15NO3.ClH.H3N/c8-4-1-7(2-5-9)3-6-10;;/h8-10H,1-6H2;1H;1H3. The first-order valence-electron chi connectivity index (χ1n) is 3.40. The van der Waals surface area contributed by atoms with Gasteiger partial charge in [-0.05, 0) is 0 Å². The minimum Gasteiger partial charge on any atom is -0.395 e. The first-order chi connectivity index (χ1) is 4.85. The maximum atomic E-state index is 8.48. The summed E-state index contributed by atoms with van der Waals surface area (Å²) in [5.41, 5.74) is 0. The Hall–Kier alpha value is 0.0900. The summed E-state index contributed by atoms with van der Waals surface area (Å²) in [4.78, 5) is 1.79. The number of rotatable bonds is 6. The molecular formula is C6H19ClN2O3. The van der Waals surface area contributed by atoms with Gasteiger partial charge in [0.15, 0.2) is 0 Å². The van der Waals surface area contributed by atoms with Crippen molar-refractivity contribution in [3.63, 3.8) is 0 Å². The molecule has 0 atom stereocenters. The van der Waals surface area contributed by atoms with Gasteiger partial charge in [-0.15, -0.1) is 12.4 Å². The highest BCUT2D eigenvalue weighted by Crippen LogP contribution is 1.84. The molecule has 0 saturated heterocycles. The monoisotopic (exact) mass is 202 g/mol. The molecule has 0 aromatic rings. The van der Waals surface area contributed by atoms with Crippen molar-refractivity contribution in [1.82, 2.24) is 11.1 Å². The van der Waals surface area contributed by atoms with Gasteiger partial charge in [-0.2, -0.15) is 0 Å². The van der Waals surface area contributed by atoms with E-state index in [-0.39, 0.29) is 38.4 Å². The fourth-order valence-corrected chi connectivity index (χ4v) is 0.760. The van der Waals surface area contributed by atoms with Crippen molar-refractivity contribution in [2.45, 2.75) is 0 Å². The maximum absolute atomic E-state index is 8.48. The van der Waals surface area contributed by atoms with Crippen LogP contribution in [-0.4, -0.2) is 59.7 Å². The summed E-state index contributed by atoms with van der Waals surface area (Å²) in [6, 6.07) is 0. The van der Waals surface area contributed by atoms with E-state index in [0.29, 0.717) is 19.6 Å². The quantitative estimate of drug-likeness (QED) is 0.436. The zero-order valence-corrected chi connectivity index (χ0v) is 7.96. The van der Waals surface area contributed by atoms with Crippen molar-refractivity contribution in [1.29, 1.82) is 0 Å². The van der Waals surface area contributed by atoms with E-state index in [0.717, 1.165) is 0 Å². The molecule has 78 valence electrons. The largest absolute Gasteiger partial charge is 0.395 e. The summed E-state index contributed by atoms with van der Waals surface area (Å²) in [6.07, 6.45) is 0. The lowest BCUT2D eigenvalue weighted by Crippen LogP contribution is -2.32. The Balaban J connectivity index is -0.000000405. The van der Waals surface area contributed by atoms with Gasteiger partial charge in [-0.25, -0.2) is 0 Å². The van der Waals surface area contributed by atoms with E-state index in [1.165, 1.54) is 0 Å². The maximum Gasteiger partial charge on any atom is 0.0558 e. The summed E-state index contributed by atoms with van der Waals surface area (Å²) in [7, 11) is 0. The smallest absolute Gasteiger partial charge is 0.0558 e. The van der Waals surface area contributed by atoms with Crippen LogP contribution in [0.2, 0.25) is 0 Å².